The number of alkyl halides is 3. The van der Waals surface area contributed by atoms with Crippen LogP contribution in [0.4, 0.5) is 23.2 Å². The van der Waals surface area contributed by atoms with Gasteiger partial charge < -0.3 is 5.32 Å². The van der Waals surface area contributed by atoms with Crippen molar-refractivity contribution in [2.75, 3.05) is 11.9 Å². The molecule has 78 valence electrons. The molecule has 0 bridgehead atoms. The van der Waals surface area contributed by atoms with Gasteiger partial charge in [-0.25, -0.2) is 4.39 Å². The van der Waals surface area contributed by atoms with Gasteiger partial charge in [0.2, 0.25) is 0 Å². The second-order valence-electron chi connectivity index (χ2n) is 2.72. The van der Waals surface area contributed by atoms with E-state index >= 15 is 0 Å². The lowest BCUT2D eigenvalue weighted by molar-refractivity contribution is -0.139. The van der Waals surface area contributed by atoms with Crippen LogP contribution in [0, 0.1) is 5.82 Å². The smallest absolute Gasteiger partial charge is 0.385 e. The molecule has 0 unspecified atom stereocenters. The van der Waals surface area contributed by atoms with Gasteiger partial charge in [-0.3, -0.25) is 0 Å². The molecule has 0 aromatic heterocycles. The van der Waals surface area contributed by atoms with E-state index in [4.69, 9.17) is 0 Å². The molecule has 1 nitrogen and oxygen atoms in total. The first-order valence-electron chi connectivity index (χ1n) is 4.05. The van der Waals surface area contributed by atoms with Gasteiger partial charge in [-0.2, -0.15) is 13.2 Å². The maximum Gasteiger partial charge on any atom is 0.419 e. The van der Waals surface area contributed by atoms with Crippen LogP contribution in [0.2, 0.25) is 0 Å². The molecule has 14 heavy (non-hydrogen) atoms. The molecule has 0 heterocycles. The molecule has 1 rings (SSSR count). The van der Waals surface area contributed by atoms with Gasteiger partial charge in [-0.1, -0.05) is 0 Å². The monoisotopic (exact) mass is 207 g/mol. The lowest BCUT2D eigenvalue weighted by Gasteiger charge is -2.10. The highest BCUT2D eigenvalue weighted by atomic mass is 19.4. The molecule has 0 saturated carbocycles. The van der Waals surface area contributed by atoms with Gasteiger partial charge in [0.25, 0.3) is 0 Å². The molecule has 1 aromatic rings. The fraction of sp³-hybridized carbons (Fsp3) is 0.333. The molecule has 0 aliphatic heterocycles. The van der Waals surface area contributed by atoms with Gasteiger partial charge in [-0.15, -0.1) is 0 Å². The summed E-state index contributed by atoms with van der Waals surface area (Å²) >= 11 is 0. The molecule has 0 aliphatic rings. The molecule has 0 saturated heterocycles. The topological polar surface area (TPSA) is 12.0 Å². The maximum absolute atomic E-state index is 12.8. The van der Waals surface area contributed by atoms with Crippen LogP contribution in [0.1, 0.15) is 12.5 Å². The summed E-state index contributed by atoms with van der Waals surface area (Å²) in [6.07, 6.45) is -4.64. The van der Waals surface area contributed by atoms with Crippen molar-refractivity contribution < 1.29 is 17.6 Å². The third kappa shape index (κ3) is 2.37. The van der Waals surface area contributed by atoms with Crippen molar-refractivity contribution in [3.63, 3.8) is 0 Å². The Hall–Kier alpha value is -1.26. The predicted octanol–water partition coefficient (Wildman–Crippen LogP) is 3.28. The van der Waals surface area contributed by atoms with Crippen molar-refractivity contribution in [1.29, 1.82) is 0 Å². The normalized spacial score (nSPS) is 11.5. The molecule has 0 radical (unpaired) electrons. The maximum atomic E-state index is 12.8. The zero-order valence-corrected chi connectivity index (χ0v) is 7.45. The highest BCUT2D eigenvalue weighted by molar-refractivity contribution is 5.46. The number of anilines is 1. The second kappa shape index (κ2) is 3.86. The Kier molecular flexibility index (Phi) is 2.98. The van der Waals surface area contributed by atoms with Gasteiger partial charge in [0.05, 0.1) is 5.56 Å². The van der Waals surface area contributed by atoms with Crippen LogP contribution in [-0.2, 0) is 6.18 Å². The van der Waals surface area contributed by atoms with Crippen molar-refractivity contribution in [3.05, 3.63) is 29.6 Å². The summed E-state index contributed by atoms with van der Waals surface area (Å²) in [4.78, 5) is 0. The van der Waals surface area contributed by atoms with Crippen molar-refractivity contribution in [2.45, 2.75) is 13.1 Å². The fourth-order valence-corrected chi connectivity index (χ4v) is 1.06. The number of halogens is 4. The summed E-state index contributed by atoms with van der Waals surface area (Å²) in [5.74, 6) is -1.25. The van der Waals surface area contributed by atoms with E-state index in [-0.39, 0.29) is 5.69 Å². The molecule has 5 heteroatoms. The third-order valence-electron chi connectivity index (χ3n) is 1.65. The first-order valence-corrected chi connectivity index (χ1v) is 4.05. The summed E-state index contributed by atoms with van der Waals surface area (Å²) in [5, 5.41) is 2.68. The van der Waals surface area contributed by atoms with E-state index in [2.05, 4.69) is 5.32 Å². The van der Waals surface area contributed by atoms with Crippen LogP contribution >= 0.6 is 0 Å². The lowest BCUT2D eigenvalue weighted by atomic mass is 10.2. The van der Waals surface area contributed by atoms with E-state index in [9.17, 15) is 17.6 Å². The van der Waals surface area contributed by atoms with E-state index in [1.165, 1.54) is 6.07 Å². The average Bonchev–Trinajstić information content (AvgIpc) is 2.07. The van der Waals surface area contributed by atoms with Crippen molar-refractivity contribution >= 4 is 5.69 Å². The number of rotatable bonds is 2. The molecule has 0 atom stereocenters. The largest absolute Gasteiger partial charge is 0.419 e. The van der Waals surface area contributed by atoms with Gasteiger partial charge in [0, 0.05) is 12.2 Å². The first kappa shape index (κ1) is 10.8. The SMILES string of the molecule is CCNc1ccc(F)c(C(F)(F)F)c1. The van der Waals surface area contributed by atoms with Crippen LogP contribution < -0.4 is 5.32 Å². The van der Waals surface area contributed by atoms with Crippen LogP contribution in [0.3, 0.4) is 0 Å². The summed E-state index contributed by atoms with van der Waals surface area (Å²) < 4.78 is 49.4. The van der Waals surface area contributed by atoms with Crippen molar-refractivity contribution in [1.82, 2.24) is 0 Å². The Morgan fingerprint density at radius 1 is 1.29 bits per heavy atom. The van der Waals surface area contributed by atoms with Crippen LogP contribution in [0.25, 0.3) is 0 Å². The highest BCUT2D eigenvalue weighted by Gasteiger charge is 2.34. The van der Waals surface area contributed by atoms with E-state index in [1.807, 2.05) is 0 Å². The van der Waals surface area contributed by atoms with E-state index in [0.717, 1.165) is 12.1 Å². The molecule has 0 aliphatic carbocycles. The molecule has 0 amide bonds. The third-order valence-corrected chi connectivity index (χ3v) is 1.65. The zero-order chi connectivity index (χ0) is 10.8. The summed E-state index contributed by atoms with van der Waals surface area (Å²) in [5.41, 5.74) is -0.975. The van der Waals surface area contributed by atoms with Gasteiger partial charge in [0.15, 0.2) is 0 Å². The molecular weight excluding hydrogens is 198 g/mol. The Labute approximate surface area is 78.7 Å². The van der Waals surface area contributed by atoms with Crippen molar-refractivity contribution in [3.8, 4) is 0 Å². The number of nitrogens with one attached hydrogen (secondary N) is 1. The number of hydrogen-bond acceptors (Lipinski definition) is 1. The Morgan fingerprint density at radius 2 is 1.93 bits per heavy atom. The van der Waals surface area contributed by atoms with Gasteiger partial charge >= 0.3 is 6.18 Å². The van der Waals surface area contributed by atoms with Crippen molar-refractivity contribution in [2.24, 2.45) is 0 Å². The predicted molar refractivity (Wildman–Crippen MR) is 45.6 cm³/mol. The quantitative estimate of drug-likeness (QED) is 0.734. The van der Waals surface area contributed by atoms with Gasteiger partial charge in [0.1, 0.15) is 5.82 Å². The van der Waals surface area contributed by atoms with E-state index < -0.39 is 17.6 Å². The highest BCUT2D eigenvalue weighted by Crippen LogP contribution is 2.32. The summed E-state index contributed by atoms with van der Waals surface area (Å²) in [6.45, 7) is 2.24. The van der Waals surface area contributed by atoms with E-state index in [0.29, 0.717) is 6.54 Å². The van der Waals surface area contributed by atoms with E-state index in [1.54, 1.807) is 6.92 Å². The standard InChI is InChI=1S/C9H9F4N/c1-2-14-6-3-4-8(10)7(5-6)9(11,12)13/h3-5,14H,2H2,1H3. The summed E-state index contributed by atoms with van der Waals surface area (Å²) in [6, 6.07) is 2.84. The van der Waals surface area contributed by atoms with Crippen LogP contribution in [0.5, 0.6) is 0 Å². The molecule has 1 aromatic carbocycles. The Balaban J connectivity index is 3.09. The lowest BCUT2D eigenvalue weighted by Crippen LogP contribution is -2.09. The number of hydrogen-bond donors (Lipinski definition) is 1. The minimum atomic E-state index is -4.64. The molecular formula is C9H9F4N. The Morgan fingerprint density at radius 3 is 2.43 bits per heavy atom. The Bertz CT molecular complexity index is 319. The van der Waals surface area contributed by atoms with Crippen LogP contribution in [0.15, 0.2) is 18.2 Å². The molecule has 0 fully saturated rings. The minimum Gasteiger partial charge on any atom is -0.385 e. The fourth-order valence-electron chi connectivity index (χ4n) is 1.06. The van der Waals surface area contributed by atoms with Gasteiger partial charge in [-0.05, 0) is 25.1 Å². The zero-order valence-electron chi connectivity index (χ0n) is 7.45. The van der Waals surface area contributed by atoms with Crippen LogP contribution in [-0.4, -0.2) is 6.54 Å². The molecule has 0 spiro atoms. The summed E-state index contributed by atoms with van der Waals surface area (Å²) in [7, 11) is 0. The minimum absolute atomic E-state index is 0.265. The number of benzene rings is 1. The average molecular weight is 207 g/mol. The second-order valence-corrected chi connectivity index (χ2v) is 2.72. The molecule has 1 N–H and O–H groups in total. The first-order chi connectivity index (χ1) is 6.45.